The maximum absolute atomic E-state index is 5.64. The zero-order valence-corrected chi connectivity index (χ0v) is 19.0. The number of benzene rings is 1. The largest absolute Gasteiger partial charge is 0.375 e. The Bertz CT molecular complexity index is 1030. The molecule has 0 radical (unpaired) electrons. The van der Waals surface area contributed by atoms with Crippen molar-refractivity contribution in [3.05, 3.63) is 59.8 Å². The van der Waals surface area contributed by atoms with E-state index in [-0.39, 0.29) is 6.10 Å². The monoisotopic (exact) mass is 431 g/mol. The number of piperidine rings is 1. The van der Waals surface area contributed by atoms with Gasteiger partial charge in [0.25, 0.3) is 0 Å². The fraction of sp³-hybridized carbons (Fsp3) is 0.462. The second-order valence-electron chi connectivity index (χ2n) is 8.97. The Balaban J connectivity index is 1.26. The molecule has 0 bridgehead atoms. The molecule has 1 unspecified atom stereocenters. The van der Waals surface area contributed by atoms with Gasteiger partial charge in [0.1, 0.15) is 11.6 Å². The molecule has 6 heteroatoms. The van der Waals surface area contributed by atoms with E-state index in [0.717, 1.165) is 63.0 Å². The van der Waals surface area contributed by atoms with Crippen molar-refractivity contribution < 1.29 is 4.74 Å². The van der Waals surface area contributed by atoms with Crippen molar-refractivity contribution in [3.63, 3.8) is 0 Å². The normalized spacial score (nSPS) is 19.5. The van der Waals surface area contributed by atoms with Crippen LogP contribution < -0.4 is 15.1 Å². The van der Waals surface area contributed by atoms with Crippen LogP contribution in [0.3, 0.4) is 0 Å². The number of ether oxygens (including phenoxy) is 1. The second kappa shape index (κ2) is 9.84. The van der Waals surface area contributed by atoms with E-state index in [1.165, 1.54) is 35.8 Å². The third-order valence-electron chi connectivity index (χ3n) is 6.45. The van der Waals surface area contributed by atoms with Gasteiger partial charge in [-0.2, -0.15) is 0 Å². The zero-order chi connectivity index (χ0) is 21.8. The molecule has 2 saturated heterocycles. The smallest absolute Gasteiger partial charge is 0.133 e. The molecule has 5 rings (SSSR count). The number of pyridine rings is 2. The summed E-state index contributed by atoms with van der Waals surface area (Å²) in [5.74, 6) is 2.18. The summed E-state index contributed by atoms with van der Waals surface area (Å²) in [5, 5.41) is 4.83. The van der Waals surface area contributed by atoms with Gasteiger partial charge < -0.3 is 19.9 Å². The molecule has 1 N–H and O–H groups in total. The van der Waals surface area contributed by atoms with E-state index >= 15 is 0 Å². The average molecular weight is 432 g/mol. The van der Waals surface area contributed by atoms with Crippen LogP contribution in [0.4, 0.5) is 11.6 Å². The number of hydrogen-bond acceptors (Lipinski definition) is 6. The third-order valence-corrected chi connectivity index (χ3v) is 6.45. The van der Waals surface area contributed by atoms with Crippen LogP contribution in [0.1, 0.15) is 37.3 Å². The molecule has 4 heterocycles. The highest BCUT2D eigenvalue weighted by atomic mass is 16.5. The van der Waals surface area contributed by atoms with Crippen LogP contribution in [0.5, 0.6) is 0 Å². The SMILES string of the molecule is CC1CN(c2ccc(CNCc3cc4ccccc4nc3N3CCCCC3)cn2)CCO1. The summed E-state index contributed by atoms with van der Waals surface area (Å²) in [6, 6.07) is 15.0. The first-order chi connectivity index (χ1) is 15.8. The summed E-state index contributed by atoms with van der Waals surface area (Å²) in [6.07, 6.45) is 6.08. The van der Waals surface area contributed by atoms with Crippen LogP contribution in [0.2, 0.25) is 0 Å². The molecule has 1 aromatic carbocycles. The Kier molecular flexibility index (Phi) is 6.51. The first-order valence-electron chi connectivity index (χ1n) is 11.9. The highest BCUT2D eigenvalue weighted by Gasteiger charge is 2.18. The molecule has 168 valence electrons. The van der Waals surface area contributed by atoms with Gasteiger partial charge in [-0.25, -0.2) is 9.97 Å². The summed E-state index contributed by atoms with van der Waals surface area (Å²) in [4.78, 5) is 14.5. The summed E-state index contributed by atoms with van der Waals surface area (Å²) in [7, 11) is 0. The van der Waals surface area contributed by atoms with Gasteiger partial charge in [0, 0.05) is 56.4 Å². The third kappa shape index (κ3) is 4.87. The van der Waals surface area contributed by atoms with Crippen LogP contribution >= 0.6 is 0 Å². The topological polar surface area (TPSA) is 53.5 Å². The molecule has 2 aliphatic heterocycles. The van der Waals surface area contributed by atoms with E-state index in [1.807, 2.05) is 6.20 Å². The second-order valence-corrected chi connectivity index (χ2v) is 8.97. The predicted molar refractivity (Wildman–Crippen MR) is 130 cm³/mol. The van der Waals surface area contributed by atoms with Crippen molar-refractivity contribution in [2.45, 2.75) is 45.4 Å². The first kappa shape index (κ1) is 21.2. The van der Waals surface area contributed by atoms with E-state index in [4.69, 9.17) is 14.7 Å². The van der Waals surface area contributed by atoms with Crippen LogP contribution in [0.25, 0.3) is 10.9 Å². The number of nitrogens with zero attached hydrogens (tertiary/aromatic N) is 4. The van der Waals surface area contributed by atoms with Crippen molar-refractivity contribution in [2.75, 3.05) is 42.6 Å². The molecule has 0 saturated carbocycles. The van der Waals surface area contributed by atoms with Gasteiger partial charge in [0.2, 0.25) is 0 Å². The quantitative estimate of drug-likeness (QED) is 0.633. The van der Waals surface area contributed by atoms with E-state index in [1.54, 1.807) is 0 Å². The maximum atomic E-state index is 5.64. The lowest BCUT2D eigenvalue weighted by Crippen LogP contribution is -2.41. The number of fused-ring (bicyclic) bond motifs is 1. The highest BCUT2D eigenvalue weighted by Crippen LogP contribution is 2.26. The molecule has 0 spiro atoms. The molecular weight excluding hydrogens is 398 g/mol. The summed E-state index contributed by atoms with van der Waals surface area (Å²) < 4.78 is 5.64. The lowest BCUT2D eigenvalue weighted by molar-refractivity contribution is 0.0529. The van der Waals surface area contributed by atoms with E-state index < -0.39 is 0 Å². The van der Waals surface area contributed by atoms with E-state index in [2.05, 4.69) is 64.5 Å². The molecule has 2 aromatic heterocycles. The Morgan fingerprint density at radius 1 is 1.00 bits per heavy atom. The molecule has 2 aliphatic rings. The molecule has 32 heavy (non-hydrogen) atoms. The van der Waals surface area contributed by atoms with Crippen LogP contribution in [-0.4, -0.2) is 48.9 Å². The Hall–Kier alpha value is -2.70. The lowest BCUT2D eigenvalue weighted by Gasteiger charge is -2.32. The molecule has 3 aromatic rings. The number of aromatic nitrogens is 2. The average Bonchev–Trinajstić information content (AvgIpc) is 2.84. The first-order valence-corrected chi connectivity index (χ1v) is 11.9. The van der Waals surface area contributed by atoms with Gasteiger partial charge in [-0.05, 0) is 49.9 Å². The number of para-hydroxylation sites is 1. The summed E-state index contributed by atoms with van der Waals surface area (Å²) >= 11 is 0. The molecular formula is C26H33N5O. The predicted octanol–water partition coefficient (Wildman–Crippen LogP) is 4.14. The van der Waals surface area contributed by atoms with Crippen LogP contribution in [-0.2, 0) is 17.8 Å². The minimum absolute atomic E-state index is 0.261. The van der Waals surface area contributed by atoms with Gasteiger partial charge >= 0.3 is 0 Å². The van der Waals surface area contributed by atoms with Gasteiger partial charge in [0.15, 0.2) is 0 Å². The van der Waals surface area contributed by atoms with Crippen molar-refractivity contribution in [1.82, 2.24) is 15.3 Å². The summed E-state index contributed by atoms with van der Waals surface area (Å²) in [6.45, 7) is 8.48. The Labute approximate surface area is 190 Å². The highest BCUT2D eigenvalue weighted by molar-refractivity contribution is 5.81. The van der Waals surface area contributed by atoms with Crippen molar-refractivity contribution in [3.8, 4) is 0 Å². The van der Waals surface area contributed by atoms with Gasteiger partial charge in [-0.1, -0.05) is 24.3 Å². The van der Waals surface area contributed by atoms with Gasteiger partial charge in [-0.3, -0.25) is 0 Å². The van der Waals surface area contributed by atoms with E-state index in [0.29, 0.717) is 0 Å². The van der Waals surface area contributed by atoms with E-state index in [9.17, 15) is 0 Å². The molecule has 2 fully saturated rings. The number of hydrogen-bond donors (Lipinski definition) is 1. The van der Waals surface area contributed by atoms with Gasteiger partial charge in [-0.15, -0.1) is 0 Å². The number of rotatable bonds is 6. The number of morpholine rings is 1. The van der Waals surface area contributed by atoms with Crippen molar-refractivity contribution >= 4 is 22.5 Å². The number of anilines is 2. The standard InChI is InChI=1S/C26H33N5O/c1-20-19-31(13-14-32-20)25-10-9-21(17-28-25)16-27-18-23-15-22-7-3-4-8-24(22)29-26(23)30-11-5-2-6-12-30/h3-4,7-10,15,17,20,27H,2,5-6,11-14,16,18-19H2,1H3. The molecule has 1 atom stereocenters. The fourth-order valence-electron chi connectivity index (χ4n) is 4.74. The minimum atomic E-state index is 0.261. The van der Waals surface area contributed by atoms with Crippen LogP contribution in [0.15, 0.2) is 48.7 Å². The minimum Gasteiger partial charge on any atom is -0.375 e. The summed E-state index contributed by atoms with van der Waals surface area (Å²) in [5.41, 5.74) is 3.55. The van der Waals surface area contributed by atoms with Crippen molar-refractivity contribution in [2.24, 2.45) is 0 Å². The lowest BCUT2D eigenvalue weighted by atomic mass is 10.1. The van der Waals surface area contributed by atoms with Crippen molar-refractivity contribution in [1.29, 1.82) is 0 Å². The number of nitrogens with one attached hydrogen (secondary N) is 1. The molecule has 0 amide bonds. The maximum Gasteiger partial charge on any atom is 0.133 e. The van der Waals surface area contributed by atoms with Gasteiger partial charge in [0.05, 0.1) is 18.2 Å². The van der Waals surface area contributed by atoms with Crippen LogP contribution in [0, 0.1) is 0 Å². The zero-order valence-electron chi connectivity index (χ0n) is 19.0. The Morgan fingerprint density at radius 2 is 1.88 bits per heavy atom. The molecule has 6 nitrogen and oxygen atoms in total. The Morgan fingerprint density at radius 3 is 2.69 bits per heavy atom. The molecule has 0 aliphatic carbocycles. The fourth-order valence-corrected chi connectivity index (χ4v) is 4.74.